The Bertz CT molecular complexity index is 509. The number of nitrogens with two attached hydrogens (primary N) is 1. The number of hydrogen-bond acceptors (Lipinski definition) is 4. The van der Waals surface area contributed by atoms with E-state index in [2.05, 4.69) is 10.00 Å². The molecule has 1 saturated carbocycles. The van der Waals surface area contributed by atoms with Crippen molar-refractivity contribution < 1.29 is 4.79 Å². The Balaban J connectivity index is 0.00000208. The lowest BCUT2D eigenvalue weighted by molar-refractivity contribution is -0.137. The Kier molecular flexibility index (Phi) is 11.8. The van der Waals surface area contributed by atoms with Crippen LogP contribution in [0.4, 0.5) is 0 Å². The number of aromatic nitrogens is 2. The zero-order chi connectivity index (χ0) is 16.2. The second kappa shape index (κ2) is 12.0. The summed E-state index contributed by atoms with van der Waals surface area (Å²) in [5.74, 6) is 0.473. The highest BCUT2D eigenvalue weighted by Gasteiger charge is 2.33. The molecule has 6 nitrogen and oxygen atoms in total. The van der Waals surface area contributed by atoms with E-state index in [9.17, 15) is 4.79 Å². The summed E-state index contributed by atoms with van der Waals surface area (Å²) in [5.41, 5.74) is 5.95. The summed E-state index contributed by atoms with van der Waals surface area (Å²) in [6, 6.07) is 2.57. The third-order valence-electron chi connectivity index (χ3n) is 5.48. The number of likely N-dealkylation sites (tertiary alicyclic amines) is 1. The van der Waals surface area contributed by atoms with Crippen molar-refractivity contribution in [1.82, 2.24) is 19.6 Å². The smallest absolute Gasteiger partial charge is 0.225 e. The van der Waals surface area contributed by atoms with Crippen LogP contribution in [0.25, 0.3) is 0 Å². The lowest BCUT2D eigenvalue weighted by atomic mass is 10.00. The third-order valence-corrected chi connectivity index (χ3v) is 5.48. The van der Waals surface area contributed by atoms with Crippen LogP contribution in [-0.2, 0) is 11.3 Å². The number of carbonyl (C=O) groups is 1. The van der Waals surface area contributed by atoms with Crippen molar-refractivity contribution in [3.63, 3.8) is 0 Å². The molecule has 1 aliphatic carbocycles. The Morgan fingerprint density at radius 1 is 1.15 bits per heavy atom. The van der Waals surface area contributed by atoms with Crippen LogP contribution in [-0.4, -0.2) is 64.3 Å². The van der Waals surface area contributed by atoms with Crippen molar-refractivity contribution in [1.29, 1.82) is 0 Å². The van der Waals surface area contributed by atoms with E-state index in [1.54, 1.807) is 0 Å². The second-order valence-electron chi connectivity index (χ2n) is 7.06. The van der Waals surface area contributed by atoms with Crippen LogP contribution in [0.2, 0.25) is 0 Å². The van der Waals surface area contributed by atoms with Crippen molar-refractivity contribution in [2.75, 3.05) is 26.7 Å². The lowest BCUT2D eigenvalue weighted by Gasteiger charge is -2.37. The Hall–Kier alpha value is -0.530. The maximum absolute atomic E-state index is 12.6. The summed E-state index contributed by atoms with van der Waals surface area (Å²) >= 11 is 0. The van der Waals surface area contributed by atoms with Crippen molar-refractivity contribution in [3.8, 4) is 0 Å². The Morgan fingerprint density at radius 2 is 1.85 bits per heavy atom. The largest absolute Gasteiger partial charge is 0.342 e. The van der Waals surface area contributed by atoms with E-state index in [1.165, 1.54) is 0 Å². The molecule has 1 amide bonds. The molecule has 2 N–H and O–H groups in total. The Morgan fingerprint density at radius 3 is 2.38 bits per heavy atom. The van der Waals surface area contributed by atoms with Gasteiger partial charge in [-0.1, -0.05) is 0 Å². The monoisotopic (exact) mass is 427 g/mol. The fourth-order valence-electron chi connectivity index (χ4n) is 3.92. The molecule has 2 atom stereocenters. The van der Waals surface area contributed by atoms with Crippen LogP contribution in [0.1, 0.15) is 32.1 Å². The molecule has 9 heteroatoms. The molecule has 1 aliphatic heterocycles. The van der Waals surface area contributed by atoms with E-state index in [1.807, 2.05) is 35.1 Å². The van der Waals surface area contributed by atoms with Gasteiger partial charge in [-0.3, -0.25) is 9.48 Å². The van der Waals surface area contributed by atoms with E-state index in [4.69, 9.17) is 5.73 Å². The quantitative estimate of drug-likeness (QED) is 0.780. The first-order chi connectivity index (χ1) is 11.1. The van der Waals surface area contributed by atoms with E-state index in [-0.39, 0.29) is 49.2 Å². The topological polar surface area (TPSA) is 67.4 Å². The van der Waals surface area contributed by atoms with Crippen LogP contribution in [0.5, 0.6) is 0 Å². The molecule has 2 fully saturated rings. The fraction of sp³-hybridized carbons (Fsp3) is 0.765. The van der Waals surface area contributed by atoms with Gasteiger partial charge in [-0.05, 0) is 38.2 Å². The minimum atomic E-state index is 0. The predicted octanol–water partition coefficient (Wildman–Crippen LogP) is 2.20. The van der Waals surface area contributed by atoms with Crippen LogP contribution in [0, 0.1) is 5.92 Å². The molecule has 1 saturated heterocycles. The Labute approximate surface area is 175 Å². The molecule has 2 heterocycles. The predicted molar refractivity (Wildman–Crippen MR) is 112 cm³/mol. The second-order valence-corrected chi connectivity index (χ2v) is 7.06. The van der Waals surface area contributed by atoms with Gasteiger partial charge in [-0.15, -0.1) is 37.2 Å². The van der Waals surface area contributed by atoms with Gasteiger partial charge in [-0.25, -0.2) is 0 Å². The van der Waals surface area contributed by atoms with E-state index >= 15 is 0 Å². The first-order valence-corrected chi connectivity index (χ1v) is 8.85. The standard InChI is InChI=1S/C17H29N5O.3ClH/c1-20(17(23)14-3-4-15(18)13-14)16-5-9-21(10-6-16)11-12-22-8-2-7-19-22;;;/h2,7-8,14-16H,3-6,9-13,18H2,1H3;3*1H. The summed E-state index contributed by atoms with van der Waals surface area (Å²) in [4.78, 5) is 17.1. The summed E-state index contributed by atoms with van der Waals surface area (Å²) in [7, 11) is 1.98. The van der Waals surface area contributed by atoms with E-state index in [0.717, 1.165) is 58.3 Å². The van der Waals surface area contributed by atoms with Gasteiger partial charge in [-0.2, -0.15) is 5.10 Å². The molecule has 2 aliphatic rings. The molecule has 1 aromatic rings. The van der Waals surface area contributed by atoms with Crippen molar-refractivity contribution in [2.24, 2.45) is 11.7 Å². The minimum Gasteiger partial charge on any atom is -0.342 e. The number of nitrogens with zero attached hydrogens (tertiary/aromatic N) is 4. The number of hydrogen-bond donors (Lipinski definition) is 1. The van der Waals surface area contributed by atoms with Gasteiger partial charge in [0.15, 0.2) is 0 Å². The molecule has 3 rings (SSSR count). The average Bonchev–Trinajstić information content (AvgIpc) is 3.23. The van der Waals surface area contributed by atoms with Gasteiger partial charge in [0.1, 0.15) is 0 Å². The lowest BCUT2D eigenvalue weighted by Crippen LogP contribution is -2.47. The number of piperidine rings is 1. The molecule has 0 bridgehead atoms. The summed E-state index contributed by atoms with van der Waals surface area (Å²) < 4.78 is 1.98. The highest BCUT2D eigenvalue weighted by molar-refractivity contribution is 5.86. The summed E-state index contributed by atoms with van der Waals surface area (Å²) in [6.45, 7) is 4.09. The van der Waals surface area contributed by atoms with Crippen LogP contribution in [0.3, 0.4) is 0 Å². The molecule has 152 valence electrons. The van der Waals surface area contributed by atoms with Gasteiger partial charge in [0.05, 0.1) is 6.54 Å². The van der Waals surface area contributed by atoms with Crippen molar-refractivity contribution >= 4 is 43.1 Å². The molecular formula is C17H32Cl3N5O. The number of amides is 1. The number of halogens is 3. The highest BCUT2D eigenvalue weighted by atomic mass is 35.5. The first kappa shape index (κ1) is 25.5. The molecule has 0 aromatic carbocycles. The maximum atomic E-state index is 12.6. The van der Waals surface area contributed by atoms with Gasteiger partial charge in [0.2, 0.25) is 5.91 Å². The van der Waals surface area contributed by atoms with Crippen LogP contribution >= 0.6 is 37.2 Å². The zero-order valence-electron chi connectivity index (χ0n) is 15.3. The summed E-state index contributed by atoms with van der Waals surface area (Å²) in [5, 5.41) is 4.24. The molecule has 1 aromatic heterocycles. The molecule has 2 unspecified atom stereocenters. The fourth-order valence-corrected chi connectivity index (χ4v) is 3.92. The van der Waals surface area contributed by atoms with Gasteiger partial charge < -0.3 is 15.5 Å². The minimum absolute atomic E-state index is 0. The van der Waals surface area contributed by atoms with E-state index in [0.29, 0.717) is 11.9 Å². The molecule has 26 heavy (non-hydrogen) atoms. The number of carbonyl (C=O) groups excluding carboxylic acids is 1. The van der Waals surface area contributed by atoms with Crippen molar-refractivity contribution in [3.05, 3.63) is 18.5 Å². The first-order valence-electron chi connectivity index (χ1n) is 8.85. The highest BCUT2D eigenvalue weighted by Crippen LogP contribution is 2.27. The van der Waals surface area contributed by atoms with Crippen LogP contribution in [0.15, 0.2) is 18.5 Å². The van der Waals surface area contributed by atoms with Crippen molar-refractivity contribution in [2.45, 2.75) is 50.7 Å². The number of rotatable bonds is 5. The van der Waals surface area contributed by atoms with Gasteiger partial charge in [0.25, 0.3) is 0 Å². The van der Waals surface area contributed by atoms with Gasteiger partial charge >= 0.3 is 0 Å². The van der Waals surface area contributed by atoms with E-state index < -0.39 is 0 Å². The third kappa shape index (κ3) is 6.57. The molecular weight excluding hydrogens is 397 g/mol. The zero-order valence-corrected chi connectivity index (χ0v) is 17.8. The SMILES string of the molecule is CN(C(=O)C1CCC(N)C1)C1CCN(CCn2cccn2)CC1.Cl.Cl.Cl. The maximum Gasteiger partial charge on any atom is 0.225 e. The average molecular weight is 429 g/mol. The molecule has 0 spiro atoms. The summed E-state index contributed by atoms with van der Waals surface area (Å²) in [6.07, 6.45) is 8.79. The molecule has 0 radical (unpaired) electrons. The normalized spacial score (nSPS) is 23.5. The van der Waals surface area contributed by atoms with Gasteiger partial charge in [0, 0.05) is 57.1 Å². The van der Waals surface area contributed by atoms with Crippen LogP contribution < -0.4 is 5.73 Å².